The Morgan fingerprint density at radius 1 is 1.19 bits per heavy atom. The van der Waals surface area contributed by atoms with E-state index in [-0.39, 0.29) is 6.61 Å². The predicted octanol–water partition coefficient (Wildman–Crippen LogP) is 2.74. The molecule has 0 radical (unpaired) electrons. The number of ether oxygens (including phenoxy) is 1. The van der Waals surface area contributed by atoms with Gasteiger partial charge in [0.1, 0.15) is 6.61 Å². The largest absolute Gasteiger partial charge is 0.389 e. The lowest BCUT2D eigenvalue weighted by Crippen LogP contribution is -2.42. The van der Waals surface area contributed by atoms with E-state index in [1.807, 2.05) is 6.07 Å². The van der Waals surface area contributed by atoms with Crippen LogP contribution in [0.25, 0.3) is 6.08 Å². The van der Waals surface area contributed by atoms with Crippen molar-refractivity contribution in [2.45, 2.75) is 31.8 Å². The highest BCUT2D eigenvalue weighted by atomic mass is 16.6. The van der Waals surface area contributed by atoms with Crippen molar-refractivity contribution >= 4 is 6.08 Å². The molecule has 0 spiro atoms. The lowest BCUT2D eigenvalue weighted by atomic mass is 10.0. The minimum Gasteiger partial charge on any atom is -0.389 e. The number of aliphatic hydroxyl groups is 1. The Labute approximate surface area is 156 Å². The average molecular weight is 358 g/mol. The van der Waals surface area contributed by atoms with Gasteiger partial charge in [0, 0.05) is 19.6 Å². The Kier molecular flexibility index (Phi) is 7.70. The van der Waals surface area contributed by atoms with Gasteiger partial charge in [0.2, 0.25) is 0 Å². The molecule has 1 atom stereocenters. The first-order valence-electron chi connectivity index (χ1n) is 9.63. The molecule has 0 aromatic heterocycles. The summed E-state index contributed by atoms with van der Waals surface area (Å²) in [6, 6.07) is 10.4. The van der Waals surface area contributed by atoms with Crippen LogP contribution in [0.2, 0.25) is 0 Å². The molecule has 1 aromatic carbocycles. The molecule has 142 valence electrons. The number of hydrogen-bond acceptors (Lipinski definition) is 5. The number of rotatable bonds is 7. The van der Waals surface area contributed by atoms with Crippen molar-refractivity contribution in [2.75, 3.05) is 39.5 Å². The van der Waals surface area contributed by atoms with Crippen LogP contribution in [0.5, 0.6) is 0 Å². The quantitative estimate of drug-likeness (QED) is 0.734. The molecule has 1 aromatic rings. The van der Waals surface area contributed by atoms with E-state index in [2.05, 4.69) is 46.8 Å². The van der Waals surface area contributed by atoms with Gasteiger partial charge in [-0.15, -0.1) is 0 Å². The van der Waals surface area contributed by atoms with E-state index >= 15 is 0 Å². The molecule has 0 amide bonds. The highest BCUT2D eigenvalue weighted by Gasteiger charge is 2.16. The number of nitrogens with zero attached hydrogens (tertiary/aromatic N) is 1. The average Bonchev–Trinajstić information content (AvgIpc) is 2.89. The third-order valence-electron chi connectivity index (χ3n) is 4.77. The summed E-state index contributed by atoms with van der Waals surface area (Å²) in [7, 11) is 0. The Bertz CT molecular complexity index is 595. The molecular formula is C21H30N2O3. The smallest absolute Gasteiger partial charge is 0.102 e. The van der Waals surface area contributed by atoms with Crippen molar-refractivity contribution in [1.29, 1.82) is 0 Å². The predicted molar refractivity (Wildman–Crippen MR) is 103 cm³/mol. The highest BCUT2D eigenvalue weighted by molar-refractivity contribution is 5.58. The van der Waals surface area contributed by atoms with Gasteiger partial charge >= 0.3 is 0 Å². The van der Waals surface area contributed by atoms with E-state index in [4.69, 9.17) is 9.57 Å². The number of morpholine rings is 1. The second kappa shape index (κ2) is 10.5. The van der Waals surface area contributed by atoms with E-state index in [0.29, 0.717) is 6.54 Å². The molecular weight excluding hydrogens is 328 g/mol. The summed E-state index contributed by atoms with van der Waals surface area (Å²) >= 11 is 0. The van der Waals surface area contributed by atoms with Crippen LogP contribution >= 0.6 is 0 Å². The van der Waals surface area contributed by atoms with Crippen LogP contribution in [0.4, 0.5) is 0 Å². The minimum absolute atomic E-state index is 0.271. The van der Waals surface area contributed by atoms with Gasteiger partial charge in [0.25, 0.3) is 0 Å². The summed E-state index contributed by atoms with van der Waals surface area (Å²) in [6.07, 6.45) is 8.38. The summed E-state index contributed by atoms with van der Waals surface area (Å²) in [6.45, 7) is 4.13. The minimum atomic E-state index is -0.506. The van der Waals surface area contributed by atoms with Crippen LogP contribution < -0.4 is 5.48 Å². The van der Waals surface area contributed by atoms with Gasteiger partial charge < -0.3 is 9.84 Å². The molecule has 1 aliphatic carbocycles. The number of hydrogen-bond donors (Lipinski definition) is 2. The van der Waals surface area contributed by atoms with Gasteiger partial charge in [0.15, 0.2) is 0 Å². The van der Waals surface area contributed by atoms with Crippen molar-refractivity contribution in [3.05, 3.63) is 53.2 Å². The van der Waals surface area contributed by atoms with Gasteiger partial charge in [-0.05, 0) is 42.9 Å². The lowest BCUT2D eigenvalue weighted by molar-refractivity contribution is -0.0340. The summed E-state index contributed by atoms with van der Waals surface area (Å²) in [4.78, 5) is 7.84. The maximum atomic E-state index is 10.2. The molecule has 1 heterocycles. The Balaban J connectivity index is 1.51. The van der Waals surface area contributed by atoms with Crippen molar-refractivity contribution in [3.8, 4) is 0 Å². The van der Waals surface area contributed by atoms with E-state index < -0.39 is 6.10 Å². The van der Waals surface area contributed by atoms with Crippen molar-refractivity contribution < 1.29 is 14.7 Å². The first-order chi connectivity index (χ1) is 12.8. The number of benzene rings is 1. The molecule has 1 aliphatic heterocycles. The highest BCUT2D eigenvalue weighted by Crippen LogP contribution is 2.24. The number of hydroxylamine groups is 1. The van der Waals surface area contributed by atoms with Crippen LogP contribution in [-0.2, 0) is 9.57 Å². The number of allylic oxidation sites excluding steroid dienone is 2. The zero-order chi connectivity index (χ0) is 18.0. The standard InChI is InChI=1S/C21H30N2O3/c24-20(16-23-11-13-25-14-12-23)17-26-22-21-10-6-2-5-9-19(21)15-18-7-3-1-4-8-18/h1,3-4,7-8,10,15,20,22,24H,2,5-6,9,11-14,16-17H2/t20-/m0/s1. The van der Waals surface area contributed by atoms with Crippen molar-refractivity contribution in [1.82, 2.24) is 10.4 Å². The van der Waals surface area contributed by atoms with Gasteiger partial charge in [-0.3, -0.25) is 15.2 Å². The number of aliphatic hydroxyl groups excluding tert-OH is 1. The molecule has 1 fully saturated rings. The second-order valence-electron chi connectivity index (χ2n) is 6.92. The molecule has 0 saturated carbocycles. The Morgan fingerprint density at radius 3 is 2.81 bits per heavy atom. The van der Waals surface area contributed by atoms with Gasteiger partial charge in [0.05, 0.1) is 25.0 Å². The number of β-amino-alcohol motifs (C(OH)–C–C–N with tert-alkyl or cyclic N) is 1. The molecule has 5 nitrogen and oxygen atoms in total. The van der Waals surface area contributed by atoms with Gasteiger partial charge in [-0.1, -0.05) is 36.4 Å². The maximum absolute atomic E-state index is 10.2. The molecule has 2 aliphatic rings. The molecule has 26 heavy (non-hydrogen) atoms. The van der Waals surface area contributed by atoms with E-state index in [1.54, 1.807) is 0 Å². The van der Waals surface area contributed by atoms with Crippen LogP contribution in [0, 0.1) is 0 Å². The molecule has 0 bridgehead atoms. The fourth-order valence-electron chi connectivity index (χ4n) is 3.33. The third-order valence-corrected chi connectivity index (χ3v) is 4.77. The lowest BCUT2D eigenvalue weighted by Gasteiger charge is -2.28. The number of nitrogens with one attached hydrogen (secondary N) is 1. The zero-order valence-electron chi connectivity index (χ0n) is 15.4. The first kappa shape index (κ1) is 19.1. The van der Waals surface area contributed by atoms with E-state index in [1.165, 1.54) is 24.0 Å². The first-order valence-corrected chi connectivity index (χ1v) is 9.63. The summed E-state index contributed by atoms with van der Waals surface area (Å²) in [5.74, 6) is 0. The van der Waals surface area contributed by atoms with Crippen molar-refractivity contribution in [3.63, 3.8) is 0 Å². The van der Waals surface area contributed by atoms with Crippen molar-refractivity contribution in [2.24, 2.45) is 0 Å². The van der Waals surface area contributed by atoms with Crippen LogP contribution in [-0.4, -0.2) is 55.6 Å². The zero-order valence-corrected chi connectivity index (χ0v) is 15.4. The van der Waals surface area contributed by atoms with Gasteiger partial charge in [-0.2, -0.15) is 0 Å². The molecule has 2 N–H and O–H groups in total. The van der Waals surface area contributed by atoms with Crippen LogP contribution in [0.15, 0.2) is 47.7 Å². The SMILES string of the molecule is O[C@H](CONC1=CCCCCC1=Cc1ccccc1)CN1CCOCC1. The van der Waals surface area contributed by atoms with Crippen LogP contribution in [0.1, 0.15) is 31.2 Å². The third kappa shape index (κ3) is 6.25. The normalized spacial score (nSPS) is 21.9. The van der Waals surface area contributed by atoms with Crippen LogP contribution in [0.3, 0.4) is 0 Å². The fourth-order valence-corrected chi connectivity index (χ4v) is 3.33. The Hall–Kier alpha value is -1.66. The van der Waals surface area contributed by atoms with E-state index in [0.717, 1.165) is 44.8 Å². The monoisotopic (exact) mass is 358 g/mol. The topological polar surface area (TPSA) is 54.0 Å². The molecule has 0 unspecified atom stereocenters. The molecule has 1 saturated heterocycles. The summed E-state index contributed by atoms with van der Waals surface area (Å²) in [5, 5.41) is 10.2. The maximum Gasteiger partial charge on any atom is 0.102 e. The van der Waals surface area contributed by atoms with E-state index in [9.17, 15) is 5.11 Å². The molecule has 3 rings (SSSR count). The van der Waals surface area contributed by atoms with Gasteiger partial charge in [-0.25, -0.2) is 0 Å². The summed E-state index contributed by atoms with van der Waals surface area (Å²) in [5.41, 5.74) is 6.58. The fraction of sp³-hybridized carbons (Fsp3) is 0.524. The second-order valence-corrected chi connectivity index (χ2v) is 6.92. The molecule has 5 heteroatoms. The Morgan fingerprint density at radius 2 is 2.00 bits per heavy atom. The summed E-state index contributed by atoms with van der Waals surface area (Å²) < 4.78 is 5.33.